The molecule has 0 saturated heterocycles. The third-order valence-electron chi connectivity index (χ3n) is 3.42. The lowest BCUT2D eigenvalue weighted by molar-refractivity contribution is -0.137. The van der Waals surface area contributed by atoms with Crippen molar-refractivity contribution in [1.82, 2.24) is 0 Å². The zero-order valence-corrected chi connectivity index (χ0v) is 13.1. The third kappa shape index (κ3) is 4.28. The first kappa shape index (κ1) is 16.9. The summed E-state index contributed by atoms with van der Waals surface area (Å²) in [4.78, 5) is 8.57. The molecule has 0 saturated carbocycles. The van der Waals surface area contributed by atoms with E-state index in [2.05, 4.69) is 9.98 Å². The molecule has 5 heteroatoms. The van der Waals surface area contributed by atoms with Gasteiger partial charge >= 0.3 is 6.18 Å². The average molecular weight is 318 g/mol. The Labute approximate surface area is 133 Å². The number of nitrogens with zero attached hydrogens (tertiary/aromatic N) is 2. The maximum absolute atomic E-state index is 13.0. The number of benzene rings is 2. The van der Waals surface area contributed by atoms with E-state index in [-0.39, 0.29) is 5.69 Å². The fourth-order valence-electron chi connectivity index (χ4n) is 2.02. The van der Waals surface area contributed by atoms with E-state index in [1.807, 2.05) is 31.2 Å². The lowest BCUT2D eigenvalue weighted by Crippen LogP contribution is -2.08. The van der Waals surface area contributed by atoms with Crippen molar-refractivity contribution in [2.24, 2.45) is 9.98 Å². The summed E-state index contributed by atoms with van der Waals surface area (Å²) >= 11 is 0. The van der Waals surface area contributed by atoms with Crippen molar-refractivity contribution in [3.63, 3.8) is 0 Å². The van der Waals surface area contributed by atoms with Gasteiger partial charge in [-0.25, -0.2) is 0 Å². The van der Waals surface area contributed by atoms with Gasteiger partial charge in [-0.1, -0.05) is 30.3 Å². The molecule has 0 unspecified atom stereocenters. The molecule has 0 bridgehead atoms. The Balaban J connectivity index is 2.39. The number of para-hydroxylation sites is 2. The molecule has 0 N–H and O–H groups in total. The van der Waals surface area contributed by atoms with Crippen molar-refractivity contribution in [3.8, 4) is 0 Å². The molecule has 0 radical (unpaired) electrons. The molecule has 0 amide bonds. The molecule has 0 spiro atoms. The largest absolute Gasteiger partial charge is 0.418 e. The van der Waals surface area contributed by atoms with Crippen LogP contribution in [0.15, 0.2) is 58.5 Å². The summed E-state index contributed by atoms with van der Waals surface area (Å²) in [6.07, 6.45) is -4.43. The van der Waals surface area contributed by atoms with E-state index in [4.69, 9.17) is 0 Å². The van der Waals surface area contributed by atoms with Gasteiger partial charge in [0.1, 0.15) is 0 Å². The van der Waals surface area contributed by atoms with E-state index in [0.29, 0.717) is 11.4 Å². The monoisotopic (exact) mass is 318 g/mol. The van der Waals surface area contributed by atoms with Crippen molar-refractivity contribution >= 4 is 22.8 Å². The van der Waals surface area contributed by atoms with Gasteiger partial charge in [-0.2, -0.15) is 13.2 Å². The van der Waals surface area contributed by atoms with E-state index in [1.165, 1.54) is 18.2 Å². The van der Waals surface area contributed by atoms with E-state index in [0.717, 1.165) is 17.3 Å². The van der Waals surface area contributed by atoms with E-state index in [9.17, 15) is 13.2 Å². The molecule has 2 aromatic rings. The molecule has 0 aromatic heterocycles. The van der Waals surface area contributed by atoms with Crippen LogP contribution in [0.1, 0.15) is 25.0 Å². The summed E-state index contributed by atoms with van der Waals surface area (Å²) < 4.78 is 39.0. The fourth-order valence-corrected chi connectivity index (χ4v) is 2.02. The minimum atomic E-state index is -4.43. The smallest absolute Gasteiger partial charge is 0.252 e. The highest BCUT2D eigenvalue weighted by atomic mass is 19.4. The molecular weight excluding hydrogens is 301 g/mol. The van der Waals surface area contributed by atoms with Crippen LogP contribution in [0.3, 0.4) is 0 Å². The van der Waals surface area contributed by atoms with E-state index >= 15 is 0 Å². The van der Waals surface area contributed by atoms with Gasteiger partial charge in [0.15, 0.2) is 0 Å². The highest BCUT2D eigenvalue weighted by Crippen LogP contribution is 2.36. The predicted octanol–water partition coefficient (Wildman–Crippen LogP) is 5.90. The van der Waals surface area contributed by atoms with Crippen LogP contribution in [0, 0.1) is 6.92 Å². The number of halogens is 3. The second kappa shape index (κ2) is 6.77. The Kier molecular flexibility index (Phi) is 4.98. The van der Waals surface area contributed by atoms with Crippen LogP contribution in [0.2, 0.25) is 0 Å². The van der Waals surface area contributed by atoms with Crippen LogP contribution < -0.4 is 0 Å². The third-order valence-corrected chi connectivity index (χ3v) is 3.42. The zero-order chi connectivity index (χ0) is 17.0. The van der Waals surface area contributed by atoms with Gasteiger partial charge in [0.05, 0.1) is 28.4 Å². The summed E-state index contributed by atoms with van der Waals surface area (Å²) in [5.74, 6) is 0. The highest BCUT2D eigenvalue weighted by Gasteiger charge is 2.33. The van der Waals surface area contributed by atoms with Crippen molar-refractivity contribution in [2.45, 2.75) is 26.9 Å². The van der Waals surface area contributed by atoms with Crippen molar-refractivity contribution < 1.29 is 13.2 Å². The molecule has 2 aromatic carbocycles. The van der Waals surface area contributed by atoms with Gasteiger partial charge in [-0.05, 0) is 44.5 Å². The average Bonchev–Trinajstić information content (AvgIpc) is 2.49. The number of aliphatic imine (C=N–C) groups is 2. The van der Waals surface area contributed by atoms with Gasteiger partial charge in [-0.15, -0.1) is 0 Å². The molecular formula is C18H17F3N2. The minimum absolute atomic E-state index is 0.100. The van der Waals surface area contributed by atoms with Gasteiger partial charge in [0, 0.05) is 0 Å². The van der Waals surface area contributed by atoms with Crippen molar-refractivity contribution in [3.05, 3.63) is 59.7 Å². The number of hydrogen-bond acceptors (Lipinski definition) is 2. The van der Waals surface area contributed by atoms with Crippen LogP contribution >= 0.6 is 0 Å². The van der Waals surface area contributed by atoms with Crippen molar-refractivity contribution in [2.75, 3.05) is 0 Å². The van der Waals surface area contributed by atoms with Gasteiger partial charge in [0.2, 0.25) is 0 Å². The minimum Gasteiger partial charge on any atom is -0.252 e. The molecule has 0 aliphatic carbocycles. The summed E-state index contributed by atoms with van der Waals surface area (Å²) in [5, 5.41) is 0. The lowest BCUT2D eigenvalue weighted by Gasteiger charge is -2.10. The second-order valence-electron chi connectivity index (χ2n) is 5.20. The summed E-state index contributed by atoms with van der Waals surface area (Å²) in [6.45, 7) is 5.32. The topological polar surface area (TPSA) is 24.7 Å². The van der Waals surface area contributed by atoms with Gasteiger partial charge in [0.25, 0.3) is 0 Å². The van der Waals surface area contributed by atoms with E-state index < -0.39 is 11.7 Å². The molecule has 23 heavy (non-hydrogen) atoms. The number of hydrogen-bond donors (Lipinski definition) is 0. The Morgan fingerprint density at radius 3 is 1.83 bits per heavy atom. The second-order valence-corrected chi connectivity index (χ2v) is 5.20. The molecule has 0 aliphatic heterocycles. The SMILES string of the molecule is CC(=Nc1ccccc1C)C(C)=Nc1ccccc1C(F)(F)F. The number of aryl methyl sites for hydroxylation is 1. The Bertz CT molecular complexity index is 759. The molecule has 2 rings (SSSR count). The van der Waals surface area contributed by atoms with Crippen molar-refractivity contribution in [1.29, 1.82) is 0 Å². The predicted molar refractivity (Wildman–Crippen MR) is 88.2 cm³/mol. The van der Waals surface area contributed by atoms with Gasteiger partial charge < -0.3 is 0 Å². The van der Waals surface area contributed by atoms with Crippen LogP contribution in [-0.2, 0) is 6.18 Å². The molecule has 0 atom stereocenters. The summed E-state index contributed by atoms with van der Waals surface area (Å²) in [7, 11) is 0. The molecule has 0 aliphatic rings. The summed E-state index contributed by atoms with van der Waals surface area (Å²) in [5.41, 5.74) is 1.96. The maximum Gasteiger partial charge on any atom is 0.418 e. The quantitative estimate of drug-likeness (QED) is 0.630. The highest BCUT2D eigenvalue weighted by molar-refractivity contribution is 6.41. The zero-order valence-electron chi connectivity index (χ0n) is 13.1. The number of alkyl halides is 3. The molecule has 0 heterocycles. The Hall–Kier alpha value is -2.43. The van der Waals surface area contributed by atoms with Crippen LogP contribution in [0.5, 0.6) is 0 Å². The maximum atomic E-state index is 13.0. The Morgan fingerprint density at radius 2 is 1.26 bits per heavy atom. The van der Waals surface area contributed by atoms with E-state index in [1.54, 1.807) is 13.8 Å². The first-order chi connectivity index (χ1) is 10.8. The number of rotatable bonds is 3. The molecule has 120 valence electrons. The van der Waals surface area contributed by atoms with Crippen LogP contribution in [-0.4, -0.2) is 11.4 Å². The molecule has 2 nitrogen and oxygen atoms in total. The fraction of sp³-hybridized carbons (Fsp3) is 0.222. The first-order valence-corrected chi connectivity index (χ1v) is 7.12. The normalized spacial score (nSPS) is 13.3. The van der Waals surface area contributed by atoms with Gasteiger partial charge in [-0.3, -0.25) is 9.98 Å². The molecule has 0 fully saturated rings. The summed E-state index contributed by atoms with van der Waals surface area (Å²) in [6, 6.07) is 12.8. The lowest BCUT2D eigenvalue weighted by atomic mass is 10.1. The first-order valence-electron chi connectivity index (χ1n) is 7.12. The standard InChI is InChI=1S/C18H17F3N2/c1-12-8-4-6-10-16(12)22-13(2)14(3)23-17-11-7-5-9-15(17)18(19,20)21/h4-11H,1-3H3. The van der Waals surface area contributed by atoms with Crippen LogP contribution in [0.4, 0.5) is 24.5 Å². The van der Waals surface area contributed by atoms with Crippen LogP contribution in [0.25, 0.3) is 0 Å². The Morgan fingerprint density at radius 1 is 0.783 bits per heavy atom.